The molecular weight excluding hydrogens is 641 g/mol. The van der Waals surface area contributed by atoms with Crippen LogP contribution in [-0.2, 0) is 32.2 Å². The number of ether oxygens (including phenoxy) is 1. The van der Waals surface area contributed by atoms with Gasteiger partial charge in [0.1, 0.15) is 24.1 Å². The lowest BCUT2D eigenvalue weighted by atomic mass is 10.1. The lowest BCUT2D eigenvalue weighted by Gasteiger charge is -2.23. The number of nitrogens with two attached hydrogens (primary N) is 1. The molecule has 0 radical (unpaired) electrons. The van der Waals surface area contributed by atoms with Crippen LogP contribution in [0.3, 0.4) is 0 Å². The molecule has 0 bridgehead atoms. The Morgan fingerprint density at radius 3 is 2.56 bits per heavy atom. The highest BCUT2D eigenvalue weighted by atomic mass is 127. The molecule has 7 N–H and O–H groups in total. The van der Waals surface area contributed by atoms with Crippen LogP contribution in [0.25, 0.3) is 0 Å². The van der Waals surface area contributed by atoms with Crippen molar-refractivity contribution < 1.29 is 52.0 Å². The van der Waals surface area contributed by atoms with E-state index < -0.39 is 52.5 Å². The van der Waals surface area contributed by atoms with Gasteiger partial charge in [-0.25, -0.2) is 13.9 Å². The van der Waals surface area contributed by atoms with Crippen LogP contribution in [0.4, 0.5) is 5.82 Å². The third-order valence-corrected chi connectivity index (χ3v) is 7.06. The molecule has 0 aromatic carbocycles. The fourth-order valence-corrected chi connectivity index (χ4v) is 4.82. The minimum Gasteiger partial charge on any atom is -0.386 e. The minimum atomic E-state index is -4.97. The number of nitrogens with zero attached hydrogens (tertiary/aromatic N) is 2. The molecule has 5 atom stereocenters. The van der Waals surface area contributed by atoms with Crippen molar-refractivity contribution in [2.75, 3.05) is 29.9 Å². The van der Waals surface area contributed by atoms with Crippen molar-refractivity contribution in [3.63, 3.8) is 0 Å². The number of unbranched alkanes of at least 4 members (excludes halogenated alkanes) is 3. The maximum absolute atomic E-state index is 12.5. The van der Waals surface area contributed by atoms with Crippen LogP contribution >= 0.6 is 38.2 Å². The van der Waals surface area contributed by atoms with Gasteiger partial charge in [-0.2, -0.15) is 4.98 Å². The average molecular weight is 670 g/mol. The predicted molar refractivity (Wildman–Crippen MR) is 132 cm³/mol. The number of hydrogen-bond donors (Lipinski definition) is 6. The van der Waals surface area contributed by atoms with Gasteiger partial charge in [-0.1, -0.05) is 35.4 Å². The van der Waals surface area contributed by atoms with Crippen molar-refractivity contribution in [2.45, 2.75) is 50.2 Å². The zero-order chi connectivity index (χ0) is 26.9. The zero-order valence-electron chi connectivity index (χ0n) is 18.9. The normalized spacial score (nSPS) is 23.9. The number of halogens is 1. The smallest absolute Gasteiger partial charge is 0.386 e. The van der Waals surface area contributed by atoms with Crippen molar-refractivity contribution >= 4 is 50.0 Å². The minimum absolute atomic E-state index is 0.0559. The van der Waals surface area contributed by atoms with Crippen molar-refractivity contribution in [1.29, 1.82) is 0 Å². The van der Waals surface area contributed by atoms with E-state index in [0.717, 1.165) is 23.6 Å². The molecule has 19 heteroatoms. The zero-order valence-corrected chi connectivity index (χ0v) is 22.9. The molecule has 1 fully saturated rings. The number of hydrogen-bond acceptors (Lipinski definition) is 11. The number of nitrogens with one attached hydrogen (secondary N) is 1. The molecule has 2 rings (SSSR count). The number of aliphatic hydroxyl groups excluding tert-OH is 1. The average Bonchev–Trinajstić information content (AvgIpc) is 3.08. The molecule has 0 aliphatic carbocycles. The number of carbonyl (C=O) groups is 1. The summed E-state index contributed by atoms with van der Waals surface area (Å²) >= 11 is 1.96. The van der Waals surface area contributed by atoms with E-state index in [9.17, 15) is 28.7 Å². The van der Waals surface area contributed by atoms with Gasteiger partial charge in [0.15, 0.2) is 6.23 Å². The van der Waals surface area contributed by atoms with E-state index in [1.54, 1.807) is 0 Å². The summed E-state index contributed by atoms with van der Waals surface area (Å²) in [5.41, 5.74) is 4.53. The first-order valence-electron chi connectivity index (χ1n) is 10.7. The Bertz CT molecular complexity index is 1020. The van der Waals surface area contributed by atoms with Crippen molar-refractivity contribution in [3.05, 3.63) is 22.7 Å². The van der Waals surface area contributed by atoms with Gasteiger partial charge >= 0.3 is 21.3 Å². The number of rotatable bonds is 15. The first-order valence-corrected chi connectivity index (χ1v) is 15.2. The van der Waals surface area contributed by atoms with Gasteiger partial charge in [-0.3, -0.25) is 22.9 Å². The summed E-state index contributed by atoms with van der Waals surface area (Å²) in [6, 6.07) is 1.24. The van der Waals surface area contributed by atoms with E-state index in [4.69, 9.17) is 29.3 Å². The summed E-state index contributed by atoms with van der Waals surface area (Å²) in [6.07, 6.45) is -2.71. The largest absolute Gasteiger partial charge is 0.472 e. The molecule has 3 unspecified atom stereocenters. The highest BCUT2D eigenvalue weighted by Crippen LogP contribution is 2.49. The number of aromatic nitrogens is 2. The van der Waals surface area contributed by atoms with E-state index in [0.29, 0.717) is 23.8 Å². The number of anilines is 1. The monoisotopic (exact) mass is 670 g/mol. The summed E-state index contributed by atoms with van der Waals surface area (Å²) in [4.78, 5) is 54.9. The second-order valence-corrected chi connectivity index (χ2v) is 11.1. The van der Waals surface area contributed by atoms with Gasteiger partial charge in [0, 0.05) is 12.7 Å². The molecule has 1 aromatic heterocycles. The summed E-state index contributed by atoms with van der Waals surface area (Å²) in [5, 5.41) is 13.4. The SMILES string of the molecule is Nc1ccn([C@@H]2O[C@H](COP(=O)(O)O)C(OP(=O)(O)OCCCCCCNC(=O)CI)C2O)c(=O)n1. The molecule has 1 amide bonds. The lowest BCUT2D eigenvalue weighted by Crippen LogP contribution is -2.37. The molecule has 1 saturated heterocycles. The lowest BCUT2D eigenvalue weighted by molar-refractivity contribution is -0.118. The van der Waals surface area contributed by atoms with Crippen molar-refractivity contribution in [2.24, 2.45) is 0 Å². The van der Waals surface area contributed by atoms with E-state index in [1.807, 2.05) is 22.6 Å². The standard InChI is InChI=1S/C17H29IN4O12P2/c18-9-13(23)20-6-3-1-2-4-8-31-36(29,30)34-15-11(10-32-35(26,27)28)33-16(14(15)24)22-7-5-12(19)21-17(22)25/h5,7,11,14-16,24H,1-4,6,8-10H2,(H,20,23)(H,29,30)(H2,19,21,25)(H2,26,27,28)/t11-,14?,15?,16-/m1/s1. The summed E-state index contributed by atoms with van der Waals surface area (Å²) < 4.78 is 44.6. The molecule has 1 aliphatic heterocycles. The van der Waals surface area contributed by atoms with Crippen molar-refractivity contribution in [1.82, 2.24) is 14.9 Å². The highest BCUT2D eigenvalue weighted by Gasteiger charge is 2.49. The van der Waals surface area contributed by atoms with Gasteiger partial charge in [0.2, 0.25) is 5.91 Å². The maximum Gasteiger partial charge on any atom is 0.472 e. The van der Waals surface area contributed by atoms with Crippen LogP contribution < -0.4 is 16.7 Å². The van der Waals surface area contributed by atoms with Gasteiger partial charge in [-0.05, 0) is 18.9 Å². The van der Waals surface area contributed by atoms with Crippen LogP contribution in [0.5, 0.6) is 0 Å². The molecule has 0 spiro atoms. The number of nitrogen functional groups attached to an aromatic ring is 1. The van der Waals surface area contributed by atoms with E-state index in [-0.39, 0.29) is 18.3 Å². The summed E-state index contributed by atoms with van der Waals surface area (Å²) in [7, 11) is -9.73. The van der Waals surface area contributed by atoms with Crippen LogP contribution in [0.1, 0.15) is 31.9 Å². The first-order chi connectivity index (χ1) is 16.8. The molecule has 1 aromatic rings. The number of carbonyl (C=O) groups excluding carboxylic acids is 1. The quantitative estimate of drug-likeness (QED) is 0.0614. The summed E-state index contributed by atoms with van der Waals surface area (Å²) in [6.45, 7) is -0.477. The van der Waals surface area contributed by atoms with Gasteiger partial charge in [0.05, 0.1) is 17.6 Å². The maximum atomic E-state index is 12.5. The van der Waals surface area contributed by atoms with E-state index >= 15 is 0 Å². The second kappa shape index (κ2) is 14.2. The Morgan fingerprint density at radius 2 is 1.92 bits per heavy atom. The Labute approximate surface area is 219 Å². The number of amides is 1. The molecule has 0 saturated carbocycles. The van der Waals surface area contributed by atoms with E-state index in [2.05, 4.69) is 14.8 Å². The Morgan fingerprint density at radius 1 is 1.22 bits per heavy atom. The Kier molecular flexibility index (Phi) is 12.4. The fourth-order valence-electron chi connectivity index (χ4n) is 3.22. The van der Waals surface area contributed by atoms with Crippen LogP contribution in [0.2, 0.25) is 0 Å². The number of phosphoric acid groups is 2. The molecular formula is C17H29IN4O12P2. The highest BCUT2D eigenvalue weighted by molar-refractivity contribution is 14.1. The van der Waals surface area contributed by atoms with Gasteiger partial charge in [0.25, 0.3) is 0 Å². The predicted octanol–water partition coefficient (Wildman–Crippen LogP) is -0.193. The molecule has 16 nitrogen and oxygen atoms in total. The molecule has 206 valence electrons. The third-order valence-electron chi connectivity index (χ3n) is 4.87. The number of alkyl halides is 1. The van der Waals surface area contributed by atoms with Gasteiger partial charge < -0.3 is 35.6 Å². The molecule has 2 heterocycles. The first kappa shape index (κ1) is 31.2. The van der Waals surface area contributed by atoms with Crippen LogP contribution in [-0.4, -0.2) is 77.7 Å². The topological polar surface area (TPSA) is 242 Å². The Balaban J connectivity index is 1.96. The number of phosphoric ester groups is 2. The fraction of sp³-hybridized carbons (Fsp3) is 0.706. The van der Waals surface area contributed by atoms with Gasteiger partial charge in [-0.15, -0.1) is 0 Å². The van der Waals surface area contributed by atoms with E-state index in [1.165, 1.54) is 6.07 Å². The summed E-state index contributed by atoms with van der Waals surface area (Å²) in [5.74, 6) is -0.156. The number of aliphatic hydroxyl groups is 1. The van der Waals surface area contributed by atoms with Crippen LogP contribution in [0.15, 0.2) is 17.1 Å². The second-order valence-electron chi connectivity index (χ2n) is 7.65. The molecule has 1 aliphatic rings. The van der Waals surface area contributed by atoms with Crippen LogP contribution in [0, 0.1) is 0 Å². The Hall–Kier alpha value is -0.980. The molecule has 36 heavy (non-hydrogen) atoms. The van der Waals surface area contributed by atoms with Crippen molar-refractivity contribution in [3.8, 4) is 0 Å². The third kappa shape index (κ3) is 10.4.